The Morgan fingerprint density at radius 3 is 2.66 bits per heavy atom. The fourth-order valence-corrected chi connectivity index (χ4v) is 3.53. The number of ether oxygens (including phenoxy) is 1. The smallest absolute Gasteiger partial charge is 0.416 e. The molecule has 3 atom stereocenters. The summed E-state index contributed by atoms with van der Waals surface area (Å²) in [4.78, 5) is 21.0. The number of aromatic nitrogens is 4. The van der Waals surface area contributed by atoms with Crippen LogP contribution in [0.5, 0.6) is 0 Å². The molecule has 1 aromatic carbocycles. The number of rotatable bonds is 6. The molecule has 1 fully saturated rings. The first-order valence-electron chi connectivity index (χ1n) is 9.96. The van der Waals surface area contributed by atoms with E-state index in [9.17, 15) is 18.7 Å². The van der Waals surface area contributed by atoms with Crippen LogP contribution >= 0.6 is 0 Å². The molecule has 2 aromatic heterocycles. The van der Waals surface area contributed by atoms with Gasteiger partial charge < -0.3 is 15.2 Å². The Labute approximate surface area is 182 Å². The molecule has 0 spiro atoms. The van der Waals surface area contributed by atoms with Gasteiger partial charge in [0.05, 0.1) is 24.5 Å². The predicted octanol–water partition coefficient (Wildman–Crippen LogP) is 3.03. The first kappa shape index (κ1) is 21.6. The largest absolute Gasteiger partial charge is 0.447 e. The molecule has 0 radical (unpaired) electrons. The normalized spacial score (nSPS) is 17.9. The van der Waals surface area contributed by atoms with Crippen LogP contribution < -0.4 is 10.2 Å². The molecule has 4 rings (SSSR count). The average Bonchev–Trinajstić information content (AvgIpc) is 3.35. The van der Waals surface area contributed by atoms with Gasteiger partial charge >= 0.3 is 6.09 Å². The minimum Gasteiger partial charge on any atom is -0.447 e. The summed E-state index contributed by atoms with van der Waals surface area (Å²) in [6.45, 7) is 3.09. The molecule has 1 saturated heterocycles. The SMILES string of the molecule is C[C@H](Nc1ncc(F)c(N2C(=O)OC[C@@H]2[C@@H](C)O)n1)c1ccc(-c2cnn(C)c2)cc1F. The summed E-state index contributed by atoms with van der Waals surface area (Å²) in [6, 6.07) is 3.48. The van der Waals surface area contributed by atoms with E-state index in [0.717, 1.165) is 16.7 Å². The van der Waals surface area contributed by atoms with Gasteiger partial charge in [-0.1, -0.05) is 12.1 Å². The second kappa shape index (κ2) is 8.50. The van der Waals surface area contributed by atoms with E-state index in [2.05, 4.69) is 20.4 Å². The van der Waals surface area contributed by atoms with Crippen molar-refractivity contribution in [2.45, 2.75) is 32.0 Å². The van der Waals surface area contributed by atoms with Gasteiger partial charge in [0.2, 0.25) is 5.95 Å². The molecule has 32 heavy (non-hydrogen) atoms. The summed E-state index contributed by atoms with van der Waals surface area (Å²) in [7, 11) is 1.78. The lowest BCUT2D eigenvalue weighted by molar-refractivity contribution is 0.142. The monoisotopic (exact) mass is 444 g/mol. The van der Waals surface area contributed by atoms with Crippen molar-refractivity contribution in [3.8, 4) is 11.1 Å². The number of anilines is 2. The van der Waals surface area contributed by atoms with Crippen LogP contribution in [-0.2, 0) is 11.8 Å². The Balaban J connectivity index is 1.57. The Morgan fingerprint density at radius 2 is 2.00 bits per heavy atom. The van der Waals surface area contributed by atoms with Crippen LogP contribution in [0, 0.1) is 11.6 Å². The molecule has 2 N–H and O–H groups in total. The summed E-state index contributed by atoms with van der Waals surface area (Å²) in [6.07, 6.45) is 2.56. The van der Waals surface area contributed by atoms with Crippen molar-refractivity contribution in [3.05, 3.63) is 54.0 Å². The lowest BCUT2D eigenvalue weighted by Gasteiger charge is -2.23. The molecule has 9 nitrogen and oxygen atoms in total. The molecule has 3 aromatic rings. The van der Waals surface area contributed by atoms with Gasteiger partial charge in [-0.05, 0) is 25.5 Å². The highest BCUT2D eigenvalue weighted by atomic mass is 19.1. The van der Waals surface area contributed by atoms with Crippen molar-refractivity contribution in [2.24, 2.45) is 7.05 Å². The number of aryl methyl sites for hydroxylation is 1. The fourth-order valence-electron chi connectivity index (χ4n) is 3.53. The summed E-state index contributed by atoms with van der Waals surface area (Å²) >= 11 is 0. The van der Waals surface area contributed by atoms with Crippen LogP contribution in [0.3, 0.4) is 0 Å². The summed E-state index contributed by atoms with van der Waals surface area (Å²) in [5.74, 6) is -1.62. The van der Waals surface area contributed by atoms with Crippen LogP contribution in [0.4, 0.5) is 25.3 Å². The van der Waals surface area contributed by atoms with Crippen molar-refractivity contribution < 1.29 is 23.4 Å². The van der Waals surface area contributed by atoms with E-state index in [4.69, 9.17) is 4.74 Å². The number of carbonyl (C=O) groups is 1. The van der Waals surface area contributed by atoms with E-state index in [1.165, 1.54) is 13.0 Å². The van der Waals surface area contributed by atoms with Gasteiger partial charge in [0, 0.05) is 24.4 Å². The van der Waals surface area contributed by atoms with Gasteiger partial charge in [0.15, 0.2) is 11.6 Å². The van der Waals surface area contributed by atoms with Gasteiger partial charge in [-0.15, -0.1) is 0 Å². The van der Waals surface area contributed by atoms with Crippen LogP contribution in [0.2, 0.25) is 0 Å². The third kappa shape index (κ3) is 4.11. The number of halogens is 2. The predicted molar refractivity (Wildman–Crippen MR) is 112 cm³/mol. The first-order chi connectivity index (χ1) is 15.2. The van der Waals surface area contributed by atoms with Gasteiger partial charge in [-0.3, -0.25) is 4.68 Å². The highest BCUT2D eigenvalue weighted by Gasteiger charge is 2.39. The van der Waals surface area contributed by atoms with Crippen molar-refractivity contribution >= 4 is 17.9 Å². The van der Waals surface area contributed by atoms with E-state index in [1.807, 2.05) is 0 Å². The van der Waals surface area contributed by atoms with Crippen LogP contribution in [-0.4, -0.2) is 49.7 Å². The highest BCUT2D eigenvalue weighted by molar-refractivity contribution is 5.89. The highest BCUT2D eigenvalue weighted by Crippen LogP contribution is 2.29. The summed E-state index contributed by atoms with van der Waals surface area (Å²) < 4.78 is 35.8. The Kier molecular flexibility index (Phi) is 5.74. The zero-order valence-corrected chi connectivity index (χ0v) is 17.7. The van der Waals surface area contributed by atoms with E-state index in [0.29, 0.717) is 11.1 Å². The molecule has 3 heterocycles. The molecular weight excluding hydrogens is 422 g/mol. The molecule has 0 unspecified atom stereocenters. The Hall–Kier alpha value is -3.60. The standard InChI is InChI=1S/C21H22F2N6O3/c1-11(15-5-4-13(6-16(15)22)14-7-25-28(3)9-14)26-20-24-8-17(23)19(27-20)29-18(12(2)30)10-32-21(29)31/h4-9,11-12,18,30H,10H2,1-3H3,(H,24,26,27)/t11-,12+,18+/m0/s1. The van der Waals surface area contributed by atoms with Crippen molar-refractivity contribution in [1.29, 1.82) is 0 Å². The quantitative estimate of drug-likeness (QED) is 0.602. The lowest BCUT2D eigenvalue weighted by atomic mass is 10.0. The first-order valence-corrected chi connectivity index (χ1v) is 9.96. The molecule has 1 aliphatic heterocycles. The third-order valence-corrected chi connectivity index (χ3v) is 5.27. The minimum absolute atomic E-state index is 0.00585. The number of carbonyl (C=O) groups excluding carboxylic acids is 1. The van der Waals surface area contributed by atoms with Gasteiger partial charge in [-0.25, -0.2) is 23.5 Å². The maximum Gasteiger partial charge on any atom is 0.416 e. The Morgan fingerprint density at radius 1 is 1.22 bits per heavy atom. The van der Waals surface area contributed by atoms with Gasteiger partial charge in [0.1, 0.15) is 18.5 Å². The number of hydrogen-bond donors (Lipinski definition) is 2. The van der Waals surface area contributed by atoms with E-state index in [1.54, 1.807) is 43.2 Å². The fraction of sp³-hybridized carbons (Fsp3) is 0.333. The number of cyclic esters (lactones) is 1. The molecule has 1 amide bonds. The molecule has 0 saturated carbocycles. The topological polar surface area (TPSA) is 105 Å². The molecule has 0 bridgehead atoms. The van der Waals surface area contributed by atoms with E-state index >= 15 is 0 Å². The van der Waals surface area contributed by atoms with Crippen molar-refractivity contribution in [2.75, 3.05) is 16.8 Å². The zero-order valence-electron chi connectivity index (χ0n) is 17.7. The number of hydrogen-bond acceptors (Lipinski definition) is 7. The maximum absolute atomic E-state index is 14.8. The third-order valence-electron chi connectivity index (χ3n) is 5.27. The van der Waals surface area contributed by atoms with Crippen molar-refractivity contribution in [1.82, 2.24) is 19.7 Å². The summed E-state index contributed by atoms with van der Waals surface area (Å²) in [5.41, 5.74) is 1.83. The average molecular weight is 444 g/mol. The number of nitrogens with zero attached hydrogens (tertiary/aromatic N) is 5. The van der Waals surface area contributed by atoms with Gasteiger partial charge in [-0.2, -0.15) is 10.1 Å². The van der Waals surface area contributed by atoms with E-state index in [-0.39, 0.29) is 18.4 Å². The molecule has 168 valence electrons. The molecule has 11 heteroatoms. The Bertz CT molecular complexity index is 1150. The number of benzene rings is 1. The number of aliphatic hydroxyl groups is 1. The number of nitrogens with one attached hydrogen (secondary N) is 1. The van der Waals surface area contributed by atoms with Crippen LogP contribution in [0.15, 0.2) is 36.8 Å². The maximum atomic E-state index is 14.8. The van der Waals surface area contributed by atoms with Gasteiger partial charge in [0.25, 0.3) is 0 Å². The second-order valence-electron chi connectivity index (χ2n) is 7.63. The molecule has 1 aliphatic rings. The van der Waals surface area contributed by atoms with Crippen molar-refractivity contribution in [3.63, 3.8) is 0 Å². The van der Waals surface area contributed by atoms with Crippen LogP contribution in [0.25, 0.3) is 11.1 Å². The minimum atomic E-state index is -0.960. The summed E-state index contributed by atoms with van der Waals surface area (Å²) in [5, 5.41) is 16.9. The number of amides is 1. The number of aliphatic hydroxyl groups excluding tert-OH is 1. The van der Waals surface area contributed by atoms with E-state index < -0.39 is 35.9 Å². The molecule has 0 aliphatic carbocycles. The lowest BCUT2D eigenvalue weighted by Crippen LogP contribution is -2.42. The zero-order chi connectivity index (χ0) is 23.0. The molecular formula is C21H22F2N6O3. The second-order valence-corrected chi connectivity index (χ2v) is 7.63. The van der Waals surface area contributed by atoms with Crippen LogP contribution in [0.1, 0.15) is 25.5 Å².